The summed E-state index contributed by atoms with van der Waals surface area (Å²) in [4.78, 5) is 16.8. The fraction of sp³-hybridized carbons (Fsp3) is 0.375. The number of hydrogen-bond acceptors (Lipinski definition) is 5. The number of thiazole rings is 1. The predicted molar refractivity (Wildman–Crippen MR) is 84.3 cm³/mol. The van der Waals surface area contributed by atoms with Crippen molar-refractivity contribution in [2.24, 2.45) is 5.92 Å². The molecule has 1 N–H and O–H groups in total. The average molecular weight is 318 g/mol. The molecule has 0 spiro atoms. The highest BCUT2D eigenvalue weighted by Crippen LogP contribution is 2.32. The van der Waals surface area contributed by atoms with Crippen molar-refractivity contribution in [2.45, 2.75) is 26.3 Å². The molecule has 1 aromatic carbocycles. The molecule has 1 aromatic heterocycles. The van der Waals surface area contributed by atoms with E-state index >= 15 is 0 Å². The SMILES string of the molecule is CC(C)CC(NC(=O)c1ccc2c(c1)OCO2)c1nccs1. The molecule has 0 fully saturated rings. The molecule has 0 bridgehead atoms. The summed E-state index contributed by atoms with van der Waals surface area (Å²) in [6, 6.07) is 5.15. The molecule has 1 aliphatic rings. The molecular formula is C16H18N2O3S. The lowest BCUT2D eigenvalue weighted by Crippen LogP contribution is -2.29. The van der Waals surface area contributed by atoms with Crippen molar-refractivity contribution < 1.29 is 14.3 Å². The number of amides is 1. The molecule has 1 aliphatic heterocycles. The van der Waals surface area contributed by atoms with Crippen molar-refractivity contribution in [2.75, 3.05) is 6.79 Å². The number of aromatic nitrogens is 1. The molecule has 116 valence electrons. The van der Waals surface area contributed by atoms with Crippen LogP contribution in [-0.2, 0) is 0 Å². The Hall–Kier alpha value is -2.08. The van der Waals surface area contributed by atoms with E-state index in [1.165, 1.54) is 0 Å². The second kappa shape index (κ2) is 6.36. The highest BCUT2D eigenvalue weighted by atomic mass is 32.1. The van der Waals surface area contributed by atoms with Gasteiger partial charge in [0.1, 0.15) is 5.01 Å². The van der Waals surface area contributed by atoms with Gasteiger partial charge in [-0.25, -0.2) is 4.98 Å². The first-order chi connectivity index (χ1) is 10.6. The van der Waals surface area contributed by atoms with Crippen LogP contribution in [0.2, 0.25) is 0 Å². The van der Waals surface area contributed by atoms with E-state index in [0.717, 1.165) is 11.4 Å². The Labute approximate surface area is 133 Å². The van der Waals surface area contributed by atoms with Crippen LogP contribution in [0.3, 0.4) is 0 Å². The van der Waals surface area contributed by atoms with Gasteiger partial charge in [-0.3, -0.25) is 4.79 Å². The third-order valence-corrected chi connectivity index (χ3v) is 4.29. The molecule has 0 saturated heterocycles. The predicted octanol–water partition coefficient (Wildman–Crippen LogP) is 3.39. The van der Waals surface area contributed by atoms with Crippen LogP contribution >= 0.6 is 11.3 Å². The summed E-state index contributed by atoms with van der Waals surface area (Å²) in [7, 11) is 0. The van der Waals surface area contributed by atoms with Crippen LogP contribution in [0.25, 0.3) is 0 Å². The minimum absolute atomic E-state index is 0.0714. The van der Waals surface area contributed by atoms with Gasteiger partial charge in [0, 0.05) is 17.1 Å². The van der Waals surface area contributed by atoms with E-state index in [4.69, 9.17) is 9.47 Å². The van der Waals surface area contributed by atoms with Crippen LogP contribution in [0.15, 0.2) is 29.8 Å². The van der Waals surface area contributed by atoms with Crippen LogP contribution < -0.4 is 14.8 Å². The first kappa shape index (κ1) is 14.8. The highest BCUT2D eigenvalue weighted by molar-refractivity contribution is 7.09. The Morgan fingerprint density at radius 3 is 2.91 bits per heavy atom. The van der Waals surface area contributed by atoms with Crippen molar-refractivity contribution in [1.82, 2.24) is 10.3 Å². The fourth-order valence-electron chi connectivity index (χ4n) is 2.38. The largest absolute Gasteiger partial charge is 0.454 e. The van der Waals surface area contributed by atoms with Crippen molar-refractivity contribution in [3.63, 3.8) is 0 Å². The number of carbonyl (C=O) groups excluding carboxylic acids is 1. The van der Waals surface area contributed by atoms with Crippen LogP contribution in [0.1, 0.15) is 41.7 Å². The quantitative estimate of drug-likeness (QED) is 0.918. The molecule has 22 heavy (non-hydrogen) atoms. The second-order valence-electron chi connectivity index (χ2n) is 5.59. The Bertz CT molecular complexity index is 655. The Morgan fingerprint density at radius 2 is 2.18 bits per heavy atom. The lowest BCUT2D eigenvalue weighted by atomic mass is 10.0. The molecule has 6 heteroatoms. The van der Waals surface area contributed by atoms with Gasteiger partial charge in [0.15, 0.2) is 11.5 Å². The number of carbonyl (C=O) groups is 1. The number of hydrogen-bond donors (Lipinski definition) is 1. The van der Waals surface area contributed by atoms with Crippen LogP contribution in [0, 0.1) is 5.92 Å². The zero-order valence-corrected chi connectivity index (χ0v) is 13.4. The van der Waals surface area contributed by atoms with Crippen LogP contribution in [0.4, 0.5) is 0 Å². The lowest BCUT2D eigenvalue weighted by Gasteiger charge is -2.18. The van der Waals surface area contributed by atoms with E-state index < -0.39 is 0 Å². The van der Waals surface area contributed by atoms with Gasteiger partial charge in [0.25, 0.3) is 5.91 Å². The lowest BCUT2D eigenvalue weighted by molar-refractivity contribution is 0.0931. The Morgan fingerprint density at radius 1 is 1.36 bits per heavy atom. The molecule has 1 atom stereocenters. The molecular weight excluding hydrogens is 300 g/mol. The van der Waals surface area contributed by atoms with Crippen molar-refractivity contribution in [3.8, 4) is 11.5 Å². The number of ether oxygens (including phenoxy) is 2. The molecule has 0 aliphatic carbocycles. The Kier molecular flexibility index (Phi) is 4.29. The maximum Gasteiger partial charge on any atom is 0.251 e. The highest BCUT2D eigenvalue weighted by Gasteiger charge is 2.21. The molecule has 1 unspecified atom stereocenters. The summed E-state index contributed by atoms with van der Waals surface area (Å²) in [6.07, 6.45) is 2.61. The van der Waals surface area contributed by atoms with Gasteiger partial charge < -0.3 is 14.8 Å². The second-order valence-corrected chi connectivity index (χ2v) is 6.52. The van der Waals surface area contributed by atoms with Crippen molar-refractivity contribution >= 4 is 17.2 Å². The summed E-state index contributed by atoms with van der Waals surface area (Å²) in [6.45, 7) is 4.47. The standard InChI is InChI=1S/C16H18N2O3S/c1-10(2)7-12(16-17-5-6-22-16)18-15(19)11-3-4-13-14(8-11)21-9-20-13/h3-6,8,10,12H,7,9H2,1-2H3,(H,18,19). The van der Waals surface area contributed by atoms with E-state index in [1.54, 1.807) is 35.7 Å². The van der Waals surface area contributed by atoms with Crippen LogP contribution in [-0.4, -0.2) is 17.7 Å². The molecule has 2 aromatic rings. The summed E-state index contributed by atoms with van der Waals surface area (Å²) in [5, 5.41) is 5.93. The van der Waals surface area contributed by atoms with Crippen molar-refractivity contribution in [1.29, 1.82) is 0 Å². The zero-order valence-electron chi connectivity index (χ0n) is 12.5. The van der Waals surface area contributed by atoms with Gasteiger partial charge in [0.05, 0.1) is 6.04 Å². The number of rotatable bonds is 5. The fourth-order valence-corrected chi connectivity index (χ4v) is 3.08. The topological polar surface area (TPSA) is 60.5 Å². The molecule has 2 heterocycles. The third kappa shape index (κ3) is 3.22. The van der Waals surface area contributed by atoms with E-state index in [-0.39, 0.29) is 18.7 Å². The van der Waals surface area contributed by atoms with Gasteiger partial charge in [-0.15, -0.1) is 11.3 Å². The molecule has 5 nitrogen and oxygen atoms in total. The minimum atomic E-state index is -0.126. The number of nitrogens with zero attached hydrogens (tertiary/aromatic N) is 1. The molecule has 1 amide bonds. The number of benzene rings is 1. The van der Waals surface area contributed by atoms with Gasteiger partial charge in [-0.2, -0.15) is 0 Å². The minimum Gasteiger partial charge on any atom is -0.454 e. The third-order valence-electron chi connectivity index (χ3n) is 3.40. The number of fused-ring (bicyclic) bond motifs is 1. The average Bonchev–Trinajstić information content (AvgIpc) is 3.16. The summed E-state index contributed by atoms with van der Waals surface area (Å²) >= 11 is 1.56. The van der Waals surface area contributed by atoms with Crippen LogP contribution in [0.5, 0.6) is 11.5 Å². The van der Waals surface area contributed by atoms with E-state index in [2.05, 4.69) is 24.1 Å². The molecule has 0 radical (unpaired) electrons. The number of nitrogens with one attached hydrogen (secondary N) is 1. The summed E-state index contributed by atoms with van der Waals surface area (Å²) in [5.74, 6) is 1.63. The summed E-state index contributed by atoms with van der Waals surface area (Å²) < 4.78 is 10.6. The normalized spacial score (nSPS) is 14.1. The Balaban J connectivity index is 1.76. The van der Waals surface area contributed by atoms with Crippen molar-refractivity contribution in [3.05, 3.63) is 40.3 Å². The van der Waals surface area contributed by atoms with E-state index in [1.807, 2.05) is 5.38 Å². The smallest absolute Gasteiger partial charge is 0.251 e. The monoisotopic (exact) mass is 318 g/mol. The van der Waals surface area contributed by atoms with E-state index in [9.17, 15) is 4.79 Å². The zero-order chi connectivity index (χ0) is 15.5. The first-order valence-electron chi connectivity index (χ1n) is 7.23. The van der Waals surface area contributed by atoms with E-state index in [0.29, 0.717) is 23.0 Å². The van der Waals surface area contributed by atoms with Gasteiger partial charge in [-0.1, -0.05) is 13.8 Å². The maximum atomic E-state index is 12.5. The molecule has 0 saturated carbocycles. The van der Waals surface area contributed by atoms with Gasteiger partial charge in [-0.05, 0) is 30.5 Å². The van der Waals surface area contributed by atoms with Gasteiger partial charge >= 0.3 is 0 Å². The first-order valence-corrected chi connectivity index (χ1v) is 8.11. The molecule has 3 rings (SSSR count). The maximum absolute atomic E-state index is 12.5. The van der Waals surface area contributed by atoms with Gasteiger partial charge in [0.2, 0.25) is 6.79 Å². The summed E-state index contributed by atoms with van der Waals surface area (Å²) in [5.41, 5.74) is 0.564.